The lowest BCUT2D eigenvalue weighted by Crippen LogP contribution is -2.22. The second-order valence-corrected chi connectivity index (χ2v) is 7.50. The molecule has 140 valence electrons. The van der Waals surface area contributed by atoms with Gasteiger partial charge in [0, 0.05) is 23.3 Å². The van der Waals surface area contributed by atoms with Gasteiger partial charge in [-0.05, 0) is 29.8 Å². The average Bonchev–Trinajstić information content (AvgIpc) is 3.13. The van der Waals surface area contributed by atoms with Crippen LogP contribution < -0.4 is 4.90 Å². The van der Waals surface area contributed by atoms with Gasteiger partial charge in [0.15, 0.2) is 5.82 Å². The number of rotatable bonds is 6. The van der Waals surface area contributed by atoms with Crippen molar-refractivity contribution in [3.8, 4) is 11.4 Å². The second-order valence-electron chi connectivity index (χ2n) is 6.58. The van der Waals surface area contributed by atoms with Gasteiger partial charge in [0.25, 0.3) is 0 Å². The van der Waals surface area contributed by atoms with Crippen LogP contribution in [-0.4, -0.2) is 26.8 Å². The van der Waals surface area contributed by atoms with Crippen molar-refractivity contribution in [2.45, 2.75) is 13.1 Å². The number of nitrogens with zero attached hydrogens (tertiary/aromatic N) is 5. The zero-order chi connectivity index (χ0) is 19.3. The highest BCUT2D eigenvalue weighted by Gasteiger charge is 2.18. The molecule has 0 N–H and O–H groups in total. The molecule has 5 nitrogen and oxygen atoms in total. The van der Waals surface area contributed by atoms with Gasteiger partial charge in [-0.3, -0.25) is 9.55 Å². The second kappa shape index (κ2) is 8.35. The normalized spacial score (nSPS) is 10.8. The largest absolute Gasteiger partial charge is 0.338 e. The summed E-state index contributed by atoms with van der Waals surface area (Å²) in [7, 11) is 2.02. The molecule has 2 aromatic heterocycles. The Hall–Kier alpha value is -2.99. The number of anilines is 1. The first-order chi connectivity index (χ1) is 13.7. The Balaban J connectivity index is 1.73. The molecule has 0 fully saturated rings. The number of benzene rings is 2. The molecule has 0 aliphatic heterocycles. The van der Waals surface area contributed by atoms with Crippen LogP contribution in [0.25, 0.3) is 11.4 Å². The van der Waals surface area contributed by atoms with Crippen LogP contribution in [0.5, 0.6) is 0 Å². The lowest BCUT2D eigenvalue weighted by molar-refractivity contribution is 0.747. The molecule has 0 amide bonds. The Kier molecular flexibility index (Phi) is 5.48. The van der Waals surface area contributed by atoms with E-state index in [0.717, 1.165) is 27.5 Å². The number of pyridine rings is 1. The van der Waals surface area contributed by atoms with E-state index in [-0.39, 0.29) is 0 Å². The zero-order valence-electron chi connectivity index (χ0n) is 15.5. The van der Waals surface area contributed by atoms with Gasteiger partial charge in [0.05, 0.1) is 18.8 Å². The predicted octanol–water partition coefficient (Wildman–Crippen LogP) is 4.79. The summed E-state index contributed by atoms with van der Waals surface area (Å²) >= 11 is 3.55. The standard InChI is InChI=1S/C22H20BrN5/c1-27(16-20-12-5-6-13-24-20)22-26-25-21(18-10-7-11-19(23)14-18)28(22)15-17-8-3-2-4-9-17/h2-14H,15-16H2,1H3. The summed E-state index contributed by atoms with van der Waals surface area (Å²) in [5.74, 6) is 1.65. The highest BCUT2D eigenvalue weighted by molar-refractivity contribution is 9.10. The molecular weight excluding hydrogens is 414 g/mol. The monoisotopic (exact) mass is 433 g/mol. The highest BCUT2D eigenvalue weighted by atomic mass is 79.9. The van der Waals surface area contributed by atoms with E-state index in [1.54, 1.807) is 0 Å². The first-order valence-electron chi connectivity index (χ1n) is 9.05. The summed E-state index contributed by atoms with van der Waals surface area (Å²) in [4.78, 5) is 6.51. The van der Waals surface area contributed by atoms with Crippen molar-refractivity contribution < 1.29 is 0 Å². The molecule has 2 aromatic carbocycles. The maximum absolute atomic E-state index is 4.52. The van der Waals surface area contributed by atoms with E-state index in [1.165, 1.54) is 5.56 Å². The van der Waals surface area contributed by atoms with Crippen LogP contribution in [-0.2, 0) is 13.1 Å². The van der Waals surface area contributed by atoms with Gasteiger partial charge in [-0.1, -0.05) is 64.5 Å². The Bertz CT molecular complexity index is 1050. The first kappa shape index (κ1) is 18.4. The molecule has 0 saturated heterocycles. The van der Waals surface area contributed by atoms with Crippen LogP contribution in [0, 0.1) is 0 Å². The fourth-order valence-corrected chi connectivity index (χ4v) is 3.53. The molecule has 0 unspecified atom stereocenters. The molecule has 2 heterocycles. The van der Waals surface area contributed by atoms with Crippen molar-refractivity contribution in [1.82, 2.24) is 19.7 Å². The minimum Gasteiger partial charge on any atom is -0.338 e. The van der Waals surface area contributed by atoms with Crippen LogP contribution in [0.15, 0.2) is 83.5 Å². The third-order valence-electron chi connectivity index (χ3n) is 4.46. The van der Waals surface area contributed by atoms with E-state index in [1.807, 2.05) is 49.6 Å². The third kappa shape index (κ3) is 4.12. The molecule has 4 rings (SSSR count). The van der Waals surface area contributed by atoms with Gasteiger partial charge in [0.2, 0.25) is 5.95 Å². The molecule has 0 radical (unpaired) electrons. The van der Waals surface area contributed by atoms with Crippen molar-refractivity contribution in [2.24, 2.45) is 0 Å². The van der Waals surface area contributed by atoms with Crippen molar-refractivity contribution in [2.75, 3.05) is 11.9 Å². The minimum absolute atomic E-state index is 0.659. The van der Waals surface area contributed by atoms with Crippen LogP contribution >= 0.6 is 15.9 Å². The Morgan fingerprint density at radius 2 is 1.75 bits per heavy atom. The number of hydrogen-bond acceptors (Lipinski definition) is 4. The van der Waals surface area contributed by atoms with E-state index in [2.05, 4.69) is 77.0 Å². The fourth-order valence-electron chi connectivity index (χ4n) is 3.14. The van der Waals surface area contributed by atoms with Crippen molar-refractivity contribution >= 4 is 21.9 Å². The van der Waals surface area contributed by atoms with E-state index in [9.17, 15) is 0 Å². The predicted molar refractivity (Wildman–Crippen MR) is 115 cm³/mol. The molecule has 4 aromatic rings. The van der Waals surface area contributed by atoms with Gasteiger partial charge < -0.3 is 4.90 Å². The lowest BCUT2D eigenvalue weighted by Gasteiger charge is -2.19. The summed E-state index contributed by atoms with van der Waals surface area (Å²) in [6, 6.07) is 24.4. The van der Waals surface area contributed by atoms with E-state index < -0.39 is 0 Å². The van der Waals surface area contributed by atoms with Gasteiger partial charge in [0.1, 0.15) is 0 Å². The fraction of sp³-hybridized carbons (Fsp3) is 0.136. The molecule has 0 atom stereocenters. The van der Waals surface area contributed by atoms with Crippen LogP contribution in [0.3, 0.4) is 0 Å². The molecule has 0 aliphatic rings. The molecule has 0 bridgehead atoms. The number of halogens is 1. The Morgan fingerprint density at radius 3 is 2.50 bits per heavy atom. The maximum atomic E-state index is 4.52. The van der Waals surface area contributed by atoms with Crippen LogP contribution in [0.4, 0.5) is 5.95 Å². The van der Waals surface area contributed by atoms with Gasteiger partial charge in [-0.15, -0.1) is 10.2 Å². The molecule has 0 aliphatic carbocycles. The van der Waals surface area contributed by atoms with Crippen molar-refractivity contribution in [1.29, 1.82) is 0 Å². The van der Waals surface area contributed by atoms with Gasteiger partial charge in [-0.25, -0.2) is 0 Å². The first-order valence-corrected chi connectivity index (χ1v) is 9.84. The SMILES string of the molecule is CN(Cc1ccccn1)c1nnc(-c2cccc(Br)c2)n1Cc1ccccc1. The molecule has 6 heteroatoms. The van der Waals surface area contributed by atoms with E-state index in [4.69, 9.17) is 0 Å². The Labute approximate surface area is 172 Å². The van der Waals surface area contributed by atoms with Crippen molar-refractivity contribution in [3.63, 3.8) is 0 Å². The Morgan fingerprint density at radius 1 is 0.929 bits per heavy atom. The van der Waals surface area contributed by atoms with E-state index >= 15 is 0 Å². The molecule has 28 heavy (non-hydrogen) atoms. The van der Waals surface area contributed by atoms with Crippen LogP contribution in [0.2, 0.25) is 0 Å². The summed E-state index contributed by atoms with van der Waals surface area (Å²) < 4.78 is 3.17. The number of hydrogen-bond donors (Lipinski definition) is 0. The highest BCUT2D eigenvalue weighted by Crippen LogP contribution is 2.26. The van der Waals surface area contributed by atoms with Crippen LogP contribution in [0.1, 0.15) is 11.3 Å². The zero-order valence-corrected chi connectivity index (χ0v) is 17.1. The average molecular weight is 434 g/mol. The molecule has 0 saturated carbocycles. The third-order valence-corrected chi connectivity index (χ3v) is 4.96. The topological polar surface area (TPSA) is 46.8 Å². The lowest BCUT2D eigenvalue weighted by atomic mass is 10.2. The summed E-state index contributed by atoms with van der Waals surface area (Å²) in [6.07, 6.45) is 1.81. The van der Waals surface area contributed by atoms with Gasteiger partial charge in [-0.2, -0.15) is 0 Å². The molecular formula is C22H20BrN5. The summed E-state index contributed by atoms with van der Waals surface area (Å²) in [5.41, 5.74) is 3.21. The quantitative estimate of drug-likeness (QED) is 0.438. The minimum atomic E-state index is 0.659. The number of aromatic nitrogens is 4. The smallest absolute Gasteiger partial charge is 0.227 e. The maximum Gasteiger partial charge on any atom is 0.227 e. The van der Waals surface area contributed by atoms with Crippen molar-refractivity contribution in [3.05, 3.63) is 94.7 Å². The molecule has 0 spiro atoms. The van der Waals surface area contributed by atoms with Gasteiger partial charge >= 0.3 is 0 Å². The summed E-state index contributed by atoms with van der Waals surface area (Å²) in [5, 5.41) is 9.03. The van der Waals surface area contributed by atoms with E-state index in [0.29, 0.717) is 13.1 Å². The summed E-state index contributed by atoms with van der Waals surface area (Å²) in [6.45, 7) is 1.35.